The minimum Gasteiger partial charge on any atom is -0.381 e. The highest BCUT2D eigenvalue weighted by molar-refractivity contribution is 5.87. The Balaban J connectivity index is 0.000000132. The predicted molar refractivity (Wildman–Crippen MR) is 546 cm³/mol. The normalized spacial score (nSPS) is 15.5. The molecule has 4 fully saturated rings. The summed E-state index contributed by atoms with van der Waals surface area (Å²) in [6.45, 7) is 38.6. The van der Waals surface area contributed by atoms with Crippen LogP contribution >= 0.6 is 0 Å². The zero-order valence-corrected chi connectivity index (χ0v) is 84.4. The number of nitrogens with one attached hydrogen (secondary N) is 4. The molecule has 0 saturated carbocycles. The monoisotopic (exact) mass is 1980 g/mol. The van der Waals surface area contributed by atoms with Crippen LogP contribution in [0.5, 0.6) is 0 Å². The van der Waals surface area contributed by atoms with Gasteiger partial charge in [-0.3, -0.25) is 0 Å². The summed E-state index contributed by atoms with van der Waals surface area (Å²) in [5.41, 5.74) is 9.42. The van der Waals surface area contributed by atoms with E-state index in [9.17, 15) is 35.1 Å². The molecule has 145 heavy (non-hydrogen) atoms. The van der Waals surface area contributed by atoms with Crippen LogP contribution < -0.4 is 21.3 Å². The number of anilines is 8. The number of hydrogen-bond acceptors (Lipinski definition) is 24. The van der Waals surface area contributed by atoms with Gasteiger partial charge in [-0.25, -0.2) is 115 Å². The second-order valence-corrected chi connectivity index (χ2v) is 38.9. The van der Waals surface area contributed by atoms with Gasteiger partial charge in [0.15, 0.2) is 46.5 Å². The molecule has 36 heteroatoms. The number of halogens is 8. The van der Waals surface area contributed by atoms with Crippen molar-refractivity contribution in [3.63, 3.8) is 0 Å². The summed E-state index contributed by atoms with van der Waals surface area (Å²) in [6.07, 6.45) is 21.3. The molecule has 16 aromatic rings. The summed E-state index contributed by atoms with van der Waals surface area (Å²) in [5.74, 6) is 5.00. The van der Waals surface area contributed by atoms with Crippen molar-refractivity contribution in [1.82, 2.24) is 98.0 Å². The van der Waals surface area contributed by atoms with E-state index in [0.717, 1.165) is 152 Å². The third-order valence-electron chi connectivity index (χ3n) is 28.1. The van der Waals surface area contributed by atoms with E-state index < -0.39 is 46.5 Å². The van der Waals surface area contributed by atoms with Crippen molar-refractivity contribution in [1.29, 1.82) is 0 Å². The summed E-state index contributed by atoms with van der Waals surface area (Å²) < 4.78 is 149. The molecule has 4 aromatic carbocycles. The van der Waals surface area contributed by atoms with E-state index in [1.807, 2.05) is 169 Å². The van der Waals surface area contributed by atoms with E-state index in [1.54, 1.807) is 24.3 Å². The molecular weight excluding hydrogens is 1860 g/mol. The van der Waals surface area contributed by atoms with Crippen LogP contribution in [0.25, 0.3) is 89.2 Å². The fourth-order valence-corrected chi connectivity index (χ4v) is 20.6. The molecule has 0 aliphatic carbocycles. The quantitative estimate of drug-likeness (QED) is 0.0386. The van der Waals surface area contributed by atoms with E-state index in [4.69, 9.17) is 18.9 Å². The Labute approximate surface area is 836 Å². The summed E-state index contributed by atoms with van der Waals surface area (Å²) in [5, 5.41) is 12.2. The van der Waals surface area contributed by atoms with Gasteiger partial charge in [-0.1, -0.05) is 52.0 Å². The van der Waals surface area contributed by atoms with Crippen molar-refractivity contribution < 1.29 is 54.1 Å². The van der Waals surface area contributed by atoms with Crippen molar-refractivity contribution in [2.45, 2.75) is 216 Å². The minimum absolute atomic E-state index is 0.00668. The van der Waals surface area contributed by atoms with Gasteiger partial charge in [0.05, 0.1) is 46.9 Å². The highest BCUT2D eigenvalue weighted by Gasteiger charge is 2.31. The summed E-state index contributed by atoms with van der Waals surface area (Å²) in [4.78, 5) is 69.2. The lowest BCUT2D eigenvalue weighted by Gasteiger charge is -2.29. The zero-order chi connectivity index (χ0) is 102. The van der Waals surface area contributed by atoms with Gasteiger partial charge >= 0.3 is 0 Å². The highest BCUT2D eigenvalue weighted by Crippen LogP contribution is 2.42. The largest absolute Gasteiger partial charge is 0.381 e. The van der Waals surface area contributed by atoms with Crippen molar-refractivity contribution in [3.05, 3.63) is 239 Å². The first-order valence-corrected chi connectivity index (χ1v) is 49.9. The summed E-state index contributed by atoms with van der Waals surface area (Å²) >= 11 is 0. The van der Waals surface area contributed by atoms with Crippen LogP contribution in [-0.4, -0.2) is 151 Å². The number of aryl methyl sites for hydroxylation is 4. The van der Waals surface area contributed by atoms with Gasteiger partial charge in [-0.15, -0.1) is 0 Å². The third-order valence-corrected chi connectivity index (χ3v) is 28.1. The van der Waals surface area contributed by atoms with Crippen molar-refractivity contribution >= 4 is 91.2 Å². The van der Waals surface area contributed by atoms with E-state index >= 15 is 0 Å². The van der Waals surface area contributed by atoms with Crippen molar-refractivity contribution in [2.24, 2.45) is 23.7 Å². The average Bonchev–Trinajstić information content (AvgIpc) is 1.64. The second-order valence-electron chi connectivity index (χ2n) is 38.9. The lowest BCUT2D eigenvalue weighted by Crippen LogP contribution is -2.22. The van der Waals surface area contributed by atoms with Crippen LogP contribution in [0.4, 0.5) is 82.2 Å². The summed E-state index contributed by atoms with van der Waals surface area (Å²) in [6, 6.07) is 27.9. The SMILES string of the molecule is CC[C@H](c1ccc(Nc2ncc(F)c(-c3cc(F)c4nc(C)n(C(C)C)c4c3)n2)nc1)C1CCOCC1.Cc1nc2c(F)cc(-c3nc(Nc4ccc(C(C)C5CCOCC5)cn4)ncc3F)cc2n1C(C)C.Cc1nc2c(F)cc(-c3nc(Nc4ccc([C@@H](C)C5CCOCC5)cn4)ncc3F)cc2n1C(C)C.Cc1nc2c(F)cc(-c3nc(Nc4ccc([C@H](C)C5CCOCC5)cn4)ncc3F)cc2n1C(C)C. The molecule has 4 aliphatic rings. The Bertz CT molecular complexity index is 6740. The van der Waals surface area contributed by atoms with E-state index in [1.165, 1.54) is 29.8 Å². The maximum absolute atomic E-state index is 15.0. The van der Waals surface area contributed by atoms with Gasteiger partial charge in [-0.2, -0.15) is 0 Å². The number of nitrogens with zero attached hydrogens (tertiary/aromatic N) is 20. The Morgan fingerprint density at radius 2 is 0.497 bits per heavy atom. The van der Waals surface area contributed by atoms with Crippen LogP contribution in [0, 0.1) is 97.9 Å². The number of fused-ring (bicyclic) bond motifs is 4. The molecule has 4 atom stereocenters. The first kappa shape index (κ1) is 103. The maximum atomic E-state index is 15.0. The predicted octanol–water partition coefficient (Wildman–Crippen LogP) is 25.7. The van der Waals surface area contributed by atoms with Gasteiger partial charge in [0.25, 0.3) is 0 Å². The highest BCUT2D eigenvalue weighted by atomic mass is 19.2. The molecule has 28 nitrogen and oxygen atoms in total. The second kappa shape index (κ2) is 45.2. The third kappa shape index (κ3) is 23.1. The molecule has 16 heterocycles. The van der Waals surface area contributed by atoms with Gasteiger partial charge < -0.3 is 58.5 Å². The molecule has 4 saturated heterocycles. The van der Waals surface area contributed by atoms with Gasteiger partial charge in [0, 0.05) is 124 Å². The van der Waals surface area contributed by atoms with Crippen molar-refractivity contribution in [2.75, 3.05) is 74.1 Å². The van der Waals surface area contributed by atoms with E-state index in [-0.39, 0.29) is 92.8 Å². The fourth-order valence-electron chi connectivity index (χ4n) is 20.6. The molecule has 0 amide bonds. The van der Waals surface area contributed by atoms with E-state index in [2.05, 4.69) is 135 Å². The maximum Gasteiger partial charge on any atom is 0.229 e. The topological polar surface area (TPSA) is 311 Å². The molecule has 12 aromatic heterocycles. The standard InChI is InChI=1S/C28H32F2N6O.3C27H30F2N6O/c1-5-21(18-8-10-37-11-9-18)19-6-7-25(31-14-19)34-28-32-15-23(30)26(35-28)20-12-22(29)27-24(13-20)36(16(2)3)17(4)33-27;3*1-15(2)35-17(4)32-26-21(28)11-20(12-23(26)35)25-22(29)14-31-27(34-25)33-24-6-5-19(13-30-24)16(3)18-7-9-36-10-8-18/h6-7,12-16,18,21H,5,8-11H2,1-4H3,(H,31,32,34,35);3*5-6,11-16,18H,7-10H2,1-4H3,(H,30,31,33,34)/t21-;2*16-;/m010./s1. The average molecular weight is 1980 g/mol. The molecule has 758 valence electrons. The van der Waals surface area contributed by atoms with Gasteiger partial charge in [0.1, 0.15) is 91.4 Å². The zero-order valence-electron chi connectivity index (χ0n) is 84.4. The Morgan fingerprint density at radius 3 is 0.703 bits per heavy atom. The first-order chi connectivity index (χ1) is 69.8. The number of pyridine rings is 4. The Kier molecular flexibility index (Phi) is 32.0. The molecule has 0 spiro atoms. The molecule has 0 radical (unpaired) electrons. The number of imidazole rings is 4. The number of ether oxygens (including phenoxy) is 4. The Hall–Kier alpha value is -13.8. The van der Waals surface area contributed by atoms with Crippen LogP contribution in [0.3, 0.4) is 0 Å². The van der Waals surface area contributed by atoms with Crippen LogP contribution in [0.15, 0.2) is 147 Å². The smallest absolute Gasteiger partial charge is 0.229 e. The molecule has 1 unspecified atom stereocenters. The van der Waals surface area contributed by atoms with Crippen LogP contribution in [0.2, 0.25) is 0 Å². The number of aromatic nitrogens is 20. The number of rotatable bonds is 25. The lowest BCUT2D eigenvalue weighted by atomic mass is 9.80. The number of benzene rings is 4. The number of hydrogen-bond donors (Lipinski definition) is 4. The summed E-state index contributed by atoms with van der Waals surface area (Å²) in [7, 11) is 0. The van der Waals surface area contributed by atoms with Crippen molar-refractivity contribution in [3.8, 4) is 45.0 Å². The molecular formula is C109H122F8N24O4. The molecule has 4 aliphatic heterocycles. The van der Waals surface area contributed by atoms with Crippen LogP contribution in [-0.2, 0) is 18.9 Å². The van der Waals surface area contributed by atoms with Gasteiger partial charge in [0.2, 0.25) is 23.8 Å². The molecule has 4 N–H and O–H groups in total. The fraction of sp³-hybridized carbons (Fsp3) is 0.413. The molecule has 20 rings (SSSR count). The van der Waals surface area contributed by atoms with Crippen LogP contribution in [0.1, 0.15) is 234 Å². The Morgan fingerprint density at radius 1 is 0.276 bits per heavy atom. The minimum atomic E-state index is -0.639. The van der Waals surface area contributed by atoms with Gasteiger partial charge in [-0.05, 0) is 283 Å². The first-order valence-electron chi connectivity index (χ1n) is 49.9. The lowest BCUT2D eigenvalue weighted by molar-refractivity contribution is 0.0572. The van der Waals surface area contributed by atoms with E-state index in [0.29, 0.717) is 138 Å². The molecule has 0 bridgehead atoms.